The molecule has 1 heterocycles. The summed E-state index contributed by atoms with van der Waals surface area (Å²) in [4.78, 5) is 17.1. The van der Waals surface area contributed by atoms with Crippen LogP contribution in [0.3, 0.4) is 0 Å². The highest BCUT2D eigenvalue weighted by Crippen LogP contribution is 2.23. The number of carbonyl (C=O) groups excluding carboxylic acids is 1. The van der Waals surface area contributed by atoms with Crippen molar-refractivity contribution in [2.24, 2.45) is 5.11 Å². The molecule has 0 radical (unpaired) electrons. The minimum absolute atomic E-state index is 0.289. The molecule has 0 aliphatic carbocycles. The Morgan fingerprint density at radius 2 is 2.57 bits per heavy atom. The van der Waals surface area contributed by atoms with E-state index in [4.69, 9.17) is 10.3 Å². The van der Waals surface area contributed by atoms with E-state index in [1.807, 2.05) is 0 Å². The van der Waals surface area contributed by atoms with Crippen molar-refractivity contribution >= 4 is 6.29 Å². The van der Waals surface area contributed by atoms with Gasteiger partial charge in [-0.2, -0.15) is 0 Å². The highest BCUT2D eigenvalue weighted by atomic mass is 16.5. The first-order valence-electron chi connectivity index (χ1n) is 3.82. The first-order valence-corrected chi connectivity index (χ1v) is 3.82. The summed E-state index contributed by atoms with van der Waals surface area (Å²) in [5, 5.41) is 3.31. The van der Waals surface area contributed by atoms with Gasteiger partial charge in [0.05, 0.1) is 7.11 Å². The average molecular weight is 192 g/mol. The second-order valence-electron chi connectivity index (χ2n) is 2.39. The molecule has 72 valence electrons. The largest absolute Gasteiger partial charge is 0.481 e. The van der Waals surface area contributed by atoms with Crippen LogP contribution in [0.4, 0.5) is 0 Å². The van der Waals surface area contributed by atoms with E-state index >= 15 is 0 Å². The fourth-order valence-electron chi connectivity index (χ4n) is 1.02. The quantitative estimate of drug-likeness (QED) is 0.314. The van der Waals surface area contributed by atoms with Gasteiger partial charge in [0.2, 0.25) is 5.88 Å². The van der Waals surface area contributed by atoms with E-state index in [2.05, 4.69) is 15.0 Å². The van der Waals surface area contributed by atoms with Crippen LogP contribution in [0.25, 0.3) is 10.4 Å². The zero-order chi connectivity index (χ0) is 10.4. The van der Waals surface area contributed by atoms with Crippen LogP contribution in [0.5, 0.6) is 5.88 Å². The Balaban J connectivity index is 3.14. The summed E-state index contributed by atoms with van der Waals surface area (Å²) in [6.45, 7) is 0. The van der Waals surface area contributed by atoms with Crippen molar-refractivity contribution in [3.63, 3.8) is 0 Å². The number of aromatic nitrogens is 1. The molecular formula is C8H8N4O2. The predicted octanol–water partition coefficient (Wildman–Crippen LogP) is 1.64. The summed E-state index contributed by atoms with van der Waals surface area (Å²) in [5.41, 5.74) is 8.69. The lowest BCUT2D eigenvalue weighted by molar-refractivity contribution is -0.109. The van der Waals surface area contributed by atoms with Crippen LogP contribution < -0.4 is 4.74 Å². The Kier molecular flexibility index (Phi) is 3.46. The molecule has 0 saturated carbocycles. The number of carbonyl (C=O) groups is 1. The molecule has 0 spiro atoms. The molecule has 0 aromatic carbocycles. The lowest BCUT2D eigenvalue weighted by Crippen LogP contribution is -2.00. The van der Waals surface area contributed by atoms with Crippen molar-refractivity contribution in [3.8, 4) is 5.88 Å². The summed E-state index contributed by atoms with van der Waals surface area (Å²) in [6.07, 6.45) is 2.07. The molecule has 0 amide bonds. The standard InChI is InChI=1S/C8H8N4O2/c1-14-8-6(3-2-4-10-8)7(5-13)11-12-9/h2-5,7H,1H3/t7-/m1/s1. The van der Waals surface area contributed by atoms with Crippen molar-refractivity contribution < 1.29 is 9.53 Å². The molecule has 0 N–H and O–H groups in total. The van der Waals surface area contributed by atoms with Crippen LogP contribution in [-0.4, -0.2) is 18.4 Å². The number of azide groups is 1. The Hall–Kier alpha value is -2.07. The third-order valence-corrected chi connectivity index (χ3v) is 1.62. The molecule has 0 aliphatic rings. The Labute approximate surface area is 80.2 Å². The van der Waals surface area contributed by atoms with Gasteiger partial charge in [-0.05, 0) is 11.6 Å². The Morgan fingerprint density at radius 3 is 3.14 bits per heavy atom. The van der Waals surface area contributed by atoms with E-state index in [1.54, 1.807) is 12.1 Å². The third kappa shape index (κ3) is 1.99. The van der Waals surface area contributed by atoms with Crippen LogP contribution in [-0.2, 0) is 4.79 Å². The summed E-state index contributed by atoms with van der Waals surface area (Å²) in [6, 6.07) is 2.38. The van der Waals surface area contributed by atoms with Gasteiger partial charge in [0.25, 0.3) is 0 Å². The number of hydrogen-bond donors (Lipinski definition) is 0. The molecule has 6 heteroatoms. The molecule has 1 aromatic rings. The molecule has 0 saturated heterocycles. The number of methoxy groups -OCH3 is 1. The third-order valence-electron chi connectivity index (χ3n) is 1.62. The number of hydrogen-bond acceptors (Lipinski definition) is 4. The molecule has 14 heavy (non-hydrogen) atoms. The fraction of sp³-hybridized carbons (Fsp3) is 0.250. The number of rotatable bonds is 4. The van der Waals surface area contributed by atoms with E-state index in [9.17, 15) is 4.79 Å². The number of pyridine rings is 1. The zero-order valence-electron chi connectivity index (χ0n) is 7.49. The molecule has 0 aliphatic heterocycles. The number of ether oxygens (including phenoxy) is 1. The summed E-state index contributed by atoms with van der Waals surface area (Å²) in [5.74, 6) is 0.289. The molecule has 1 atom stereocenters. The van der Waals surface area contributed by atoms with Crippen LogP contribution in [0.1, 0.15) is 11.6 Å². The van der Waals surface area contributed by atoms with Gasteiger partial charge in [0, 0.05) is 16.7 Å². The molecule has 1 rings (SSSR count). The first kappa shape index (κ1) is 10.0. The van der Waals surface area contributed by atoms with E-state index in [0.717, 1.165) is 0 Å². The van der Waals surface area contributed by atoms with E-state index in [0.29, 0.717) is 11.8 Å². The van der Waals surface area contributed by atoms with Crippen LogP contribution in [0.15, 0.2) is 23.4 Å². The molecule has 6 nitrogen and oxygen atoms in total. The van der Waals surface area contributed by atoms with E-state index < -0.39 is 6.04 Å². The average Bonchev–Trinajstić information content (AvgIpc) is 2.26. The highest BCUT2D eigenvalue weighted by molar-refractivity contribution is 5.63. The lowest BCUT2D eigenvalue weighted by atomic mass is 10.1. The second kappa shape index (κ2) is 4.84. The lowest BCUT2D eigenvalue weighted by Gasteiger charge is -2.07. The summed E-state index contributed by atoms with van der Waals surface area (Å²) in [7, 11) is 1.43. The molecular weight excluding hydrogens is 184 g/mol. The predicted molar refractivity (Wildman–Crippen MR) is 48.7 cm³/mol. The Bertz CT molecular complexity index is 373. The maximum absolute atomic E-state index is 10.6. The van der Waals surface area contributed by atoms with Gasteiger partial charge < -0.3 is 9.53 Å². The number of nitrogens with zero attached hydrogens (tertiary/aromatic N) is 4. The van der Waals surface area contributed by atoms with Crippen molar-refractivity contribution in [3.05, 3.63) is 34.3 Å². The van der Waals surface area contributed by atoms with Crippen molar-refractivity contribution in [2.45, 2.75) is 6.04 Å². The van der Waals surface area contributed by atoms with E-state index in [-0.39, 0.29) is 5.88 Å². The van der Waals surface area contributed by atoms with Crippen molar-refractivity contribution in [1.82, 2.24) is 4.98 Å². The zero-order valence-corrected chi connectivity index (χ0v) is 7.49. The van der Waals surface area contributed by atoms with Gasteiger partial charge in [0.15, 0.2) is 0 Å². The van der Waals surface area contributed by atoms with Gasteiger partial charge in [-0.3, -0.25) is 0 Å². The van der Waals surface area contributed by atoms with Gasteiger partial charge in [-0.1, -0.05) is 11.2 Å². The maximum Gasteiger partial charge on any atom is 0.217 e. The smallest absolute Gasteiger partial charge is 0.217 e. The van der Waals surface area contributed by atoms with Crippen LogP contribution in [0.2, 0.25) is 0 Å². The maximum atomic E-state index is 10.6. The van der Waals surface area contributed by atoms with Crippen molar-refractivity contribution in [1.29, 1.82) is 0 Å². The van der Waals surface area contributed by atoms with Gasteiger partial charge in [-0.25, -0.2) is 4.98 Å². The monoisotopic (exact) mass is 192 g/mol. The van der Waals surface area contributed by atoms with Crippen LogP contribution >= 0.6 is 0 Å². The van der Waals surface area contributed by atoms with Crippen LogP contribution in [0, 0.1) is 0 Å². The van der Waals surface area contributed by atoms with Crippen molar-refractivity contribution in [2.75, 3.05) is 7.11 Å². The fourth-order valence-corrected chi connectivity index (χ4v) is 1.02. The minimum atomic E-state index is -0.886. The van der Waals surface area contributed by atoms with Gasteiger partial charge in [0.1, 0.15) is 12.3 Å². The topological polar surface area (TPSA) is 88.0 Å². The normalized spacial score (nSPS) is 11.2. The molecule has 0 fully saturated rings. The first-order chi connectivity index (χ1) is 6.83. The number of aldehydes is 1. The summed E-state index contributed by atoms with van der Waals surface area (Å²) >= 11 is 0. The SMILES string of the molecule is COc1ncccc1[C@@H](C=O)N=[N+]=[N-]. The highest BCUT2D eigenvalue weighted by Gasteiger charge is 2.13. The van der Waals surface area contributed by atoms with Gasteiger partial charge in [-0.15, -0.1) is 0 Å². The molecule has 1 aromatic heterocycles. The Morgan fingerprint density at radius 1 is 1.79 bits per heavy atom. The van der Waals surface area contributed by atoms with Gasteiger partial charge >= 0.3 is 0 Å². The second-order valence-corrected chi connectivity index (χ2v) is 2.39. The van der Waals surface area contributed by atoms with E-state index in [1.165, 1.54) is 13.3 Å². The molecule has 0 bridgehead atoms. The molecule has 0 unspecified atom stereocenters. The summed E-state index contributed by atoms with van der Waals surface area (Å²) < 4.78 is 4.92. The minimum Gasteiger partial charge on any atom is -0.481 e.